The lowest BCUT2D eigenvalue weighted by molar-refractivity contribution is 0.476. The van der Waals surface area contributed by atoms with Gasteiger partial charge in [-0.1, -0.05) is 54.1 Å². The molecule has 140 valence electrons. The SMILES string of the molecule is CN=C(NCc1ccc(Cn2ccnc2)cc1)N(C)Cc1ccc(C)cc1. The Bertz CT molecular complexity index is 849. The highest BCUT2D eigenvalue weighted by atomic mass is 15.3. The molecule has 3 rings (SSSR count). The van der Waals surface area contributed by atoms with Gasteiger partial charge in [-0.2, -0.15) is 0 Å². The van der Waals surface area contributed by atoms with Crippen LogP contribution in [0, 0.1) is 6.92 Å². The molecule has 0 aliphatic carbocycles. The highest BCUT2D eigenvalue weighted by molar-refractivity contribution is 5.79. The summed E-state index contributed by atoms with van der Waals surface area (Å²) in [6, 6.07) is 17.3. The summed E-state index contributed by atoms with van der Waals surface area (Å²) < 4.78 is 2.06. The molecular formula is C22H27N5. The fraction of sp³-hybridized carbons (Fsp3) is 0.273. The zero-order valence-corrected chi connectivity index (χ0v) is 16.3. The Kier molecular flexibility index (Phi) is 6.26. The summed E-state index contributed by atoms with van der Waals surface area (Å²) in [5.74, 6) is 0.887. The number of imidazole rings is 1. The van der Waals surface area contributed by atoms with Gasteiger partial charge in [-0.05, 0) is 23.6 Å². The Morgan fingerprint density at radius 2 is 1.70 bits per heavy atom. The highest BCUT2D eigenvalue weighted by Crippen LogP contribution is 2.08. The Hall–Kier alpha value is -3.08. The first kappa shape index (κ1) is 18.7. The maximum absolute atomic E-state index is 4.41. The summed E-state index contributed by atoms with van der Waals surface area (Å²) in [5, 5.41) is 3.44. The predicted molar refractivity (Wildman–Crippen MR) is 111 cm³/mol. The van der Waals surface area contributed by atoms with Crippen LogP contribution < -0.4 is 5.32 Å². The molecule has 0 atom stereocenters. The van der Waals surface area contributed by atoms with Gasteiger partial charge in [-0.3, -0.25) is 4.99 Å². The number of guanidine groups is 1. The summed E-state index contributed by atoms with van der Waals surface area (Å²) in [4.78, 5) is 10.6. The lowest BCUT2D eigenvalue weighted by Crippen LogP contribution is -2.38. The number of hydrogen-bond acceptors (Lipinski definition) is 2. The molecule has 5 heteroatoms. The Labute approximate surface area is 161 Å². The Balaban J connectivity index is 1.53. The number of hydrogen-bond donors (Lipinski definition) is 1. The molecule has 5 nitrogen and oxygen atoms in total. The molecule has 0 radical (unpaired) electrons. The Morgan fingerprint density at radius 1 is 1.04 bits per heavy atom. The molecule has 1 heterocycles. The van der Waals surface area contributed by atoms with Gasteiger partial charge in [-0.25, -0.2) is 4.98 Å². The van der Waals surface area contributed by atoms with E-state index in [0.29, 0.717) is 0 Å². The van der Waals surface area contributed by atoms with Crippen molar-refractivity contribution in [3.63, 3.8) is 0 Å². The van der Waals surface area contributed by atoms with Crippen LogP contribution in [0.4, 0.5) is 0 Å². The van der Waals surface area contributed by atoms with E-state index in [9.17, 15) is 0 Å². The summed E-state index contributed by atoms with van der Waals surface area (Å²) in [5.41, 5.74) is 5.04. The van der Waals surface area contributed by atoms with E-state index in [1.807, 2.05) is 19.6 Å². The maximum atomic E-state index is 4.41. The minimum Gasteiger partial charge on any atom is -0.352 e. The molecule has 0 spiro atoms. The van der Waals surface area contributed by atoms with Gasteiger partial charge in [0.05, 0.1) is 6.33 Å². The fourth-order valence-electron chi connectivity index (χ4n) is 2.96. The second kappa shape index (κ2) is 9.03. The topological polar surface area (TPSA) is 45.5 Å². The number of benzene rings is 2. The first-order valence-electron chi connectivity index (χ1n) is 9.15. The normalized spacial score (nSPS) is 11.4. The largest absolute Gasteiger partial charge is 0.352 e. The molecule has 0 aliphatic rings. The lowest BCUT2D eigenvalue weighted by atomic mass is 10.1. The van der Waals surface area contributed by atoms with Crippen molar-refractivity contribution in [2.45, 2.75) is 26.6 Å². The number of rotatable bonds is 6. The van der Waals surface area contributed by atoms with Crippen molar-refractivity contribution in [3.8, 4) is 0 Å². The first-order valence-corrected chi connectivity index (χ1v) is 9.15. The molecule has 0 aliphatic heterocycles. The second-order valence-electron chi connectivity index (χ2n) is 6.79. The van der Waals surface area contributed by atoms with Crippen molar-refractivity contribution in [1.82, 2.24) is 19.8 Å². The predicted octanol–water partition coefficient (Wildman–Crippen LogP) is 3.45. The average molecular weight is 361 g/mol. The summed E-state index contributed by atoms with van der Waals surface area (Å²) in [6.45, 7) is 4.52. The van der Waals surface area contributed by atoms with Gasteiger partial charge in [0.25, 0.3) is 0 Å². The summed E-state index contributed by atoms with van der Waals surface area (Å²) in [6.07, 6.45) is 5.61. The Morgan fingerprint density at radius 3 is 2.33 bits per heavy atom. The molecule has 1 N–H and O–H groups in total. The zero-order valence-electron chi connectivity index (χ0n) is 16.3. The van der Waals surface area contributed by atoms with Gasteiger partial charge in [0.2, 0.25) is 0 Å². The van der Waals surface area contributed by atoms with Crippen molar-refractivity contribution < 1.29 is 0 Å². The van der Waals surface area contributed by atoms with Gasteiger partial charge < -0.3 is 14.8 Å². The third kappa shape index (κ3) is 5.45. The molecule has 1 aromatic heterocycles. The molecule has 0 saturated heterocycles. The van der Waals surface area contributed by atoms with Gasteiger partial charge >= 0.3 is 0 Å². The van der Waals surface area contributed by atoms with Gasteiger partial charge in [0.1, 0.15) is 0 Å². The van der Waals surface area contributed by atoms with E-state index < -0.39 is 0 Å². The monoisotopic (exact) mass is 361 g/mol. The van der Waals surface area contributed by atoms with Gasteiger partial charge in [-0.15, -0.1) is 0 Å². The minimum atomic E-state index is 0.746. The van der Waals surface area contributed by atoms with Crippen LogP contribution in [-0.4, -0.2) is 34.5 Å². The van der Waals surface area contributed by atoms with Crippen molar-refractivity contribution in [3.05, 3.63) is 89.5 Å². The first-order chi connectivity index (χ1) is 13.1. The maximum Gasteiger partial charge on any atom is 0.193 e. The number of nitrogens with zero attached hydrogens (tertiary/aromatic N) is 4. The van der Waals surface area contributed by atoms with Crippen LogP contribution in [0.5, 0.6) is 0 Å². The zero-order chi connectivity index (χ0) is 19.1. The molecular weight excluding hydrogens is 334 g/mol. The average Bonchev–Trinajstić information content (AvgIpc) is 3.18. The summed E-state index contributed by atoms with van der Waals surface area (Å²) >= 11 is 0. The second-order valence-corrected chi connectivity index (χ2v) is 6.79. The van der Waals surface area contributed by atoms with Crippen molar-refractivity contribution in [2.24, 2.45) is 4.99 Å². The van der Waals surface area contributed by atoms with Crippen LogP contribution in [0.2, 0.25) is 0 Å². The summed E-state index contributed by atoms with van der Waals surface area (Å²) in [7, 11) is 3.88. The van der Waals surface area contributed by atoms with E-state index >= 15 is 0 Å². The van der Waals surface area contributed by atoms with E-state index in [0.717, 1.165) is 25.6 Å². The van der Waals surface area contributed by atoms with Crippen LogP contribution >= 0.6 is 0 Å². The number of aliphatic imine (C=N–C) groups is 1. The number of aromatic nitrogens is 2. The van der Waals surface area contributed by atoms with Crippen molar-refractivity contribution >= 4 is 5.96 Å². The lowest BCUT2D eigenvalue weighted by Gasteiger charge is -2.22. The molecule has 27 heavy (non-hydrogen) atoms. The number of aryl methyl sites for hydroxylation is 1. The minimum absolute atomic E-state index is 0.746. The van der Waals surface area contributed by atoms with Crippen LogP contribution in [-0.2, 0) is 19.6 Å². The molecule has 0 bridgehead atoms. The van der Waals surface area contributed by atoms with E-state index in [1.165, 1.54) is 22.3 Å². The van der Waals surface area contributed by atoms with Gasteiger partial charge in [0.15, 0.2) is 5.96 Å². The van der Waals surface area contributed by atoms with E-state index in [-0.39, 0.29) is 0 Å². The standard InChI is InChI=1S/C22H27N5/c1-18-4-6-20(7-5-18)15-26(3)22(23-2)25-14-19-8-10-21(11-9-19)16-27-13-12-24-17-27/h4-13,17H,14-16H2,1-3H3,(H,23,25). The van der Waals surface area contributed by atoms with Crippen molar-refractivity contribution in [1.29, 1.82) is 0 Å². The molecule has 2 aromatic carbocycles. The van der Waals surface area contributed by atoms with Crippen LogP contribution in [0.25, 0.3) is 0 Å². The van der Waals surface area contributed by atoms with E-state index in [1.54, 1.807) is 6.20 Å². The highest BCUT2D eigenvalue weighted by Gasteiger charge is 2.06. The molecule has 0 fully saturated rings. The third-order valence-electron chi connectivity index (χ3n) is 4.51. The number of nitrogens with one attached hydrogen (secondary N) is 1. The fourth-order valence-corrected chi connectivity index (χ4v) is 2.96. The van der Waals surface area contributed by atoms with E-state index in [2.05, 4.69) is 87.3 Å². The molecule has 0 amide bonds. The van der Waals surface area contributed by atoms with Gasteiger partial charge in [0, 0.05) is 46.1 Å². The molecule has 3 aromatic rings. The quantitative estimate of drug-likeness (QED) is 0.540. The smallest absolute Gasteiger partial charge is 0.193 e. The third-order valence-corrected chi connectivity index (χ3v) is 4.51. The molecule has 0 unspecified atom stereocenters. The van der Waals surface area contributed by atoms with Crippen molar-refractivity contribution in [2.75, 3.05) is 14.1 Å². The van der Waals surface area contributed by atoms with Crippen LogP contribution in [0.1, 0.15) is 22.3 Å². The van der Waals surface area contributed by atoms with Crippen LogP contribution in [0.15, 0.2) is 72.2 Å². The molecule has 0 saturated carbocycles. The van der Waals surface area contributed by atoms with E-state index in [4.69, 9.17) is 0 Å². The van der Waals surface area contributed by atoms with Crippen LogP contribution in [0.3, 0.4) is 0 Å².